The van der Waals surface area contributed by atoms with Gasteiger partial charge in [0.1, 0.15) is 0 Å². The molecule has 0 spiro atoms. The molecule has 3 N–H and O–H groups in total. The van der Waals surface area contributed by atoms with Crippen LogP contribution in [-0.4, -0.2) is 47.4 Å². The van der Waals surface area contributed by atoms with Gasteiger partial charge in [0, 0.05) is 12.8 Å². The van der Waals surface area contributed by atoms with E-state index in [-0.39, 0.29) is 18.5 Å². The van der Waals surface area contributed by atoms with E-state index in [1.54, 1.807) is 0 Å². The number of ether oxygens (including phenoxy) is 1. The van der Waals surface area contributed by atoms with Crippen LogP contribution < -0.4 is 5.32 Å². The van der Waals surface area contributed by atoms with Crippen LogP contribution in [0.15, 0.2) is 12.2 Å². The highest BCUT2D eigenvalue weighted by Crippen LogP contribution is 2.21. The number of rotatable bonds is 78. The van der Waals surface area contributed by atoms with Crippen LogP contribution in [0.2, 0.25) is 0 Å². The van der Waals surface area contributed by atoms with Gasteiger partial charge in [-0.1, -0.05) is 424 Å². The third-order valence-electron chi connectivity index (χ3n) is 19.6. The van der Waals surface area contributed by atoms with Crippen molar-refractivity contribution in [2.75, 3.05) is 13.2 Å². The molecule has 2 unspecified atom stereocenters. The van der Waals surface area contributed by atoms with E-state index >= 15 is 0 Å². The van der Waals surface area contributed by atoms with Crippen molar-refractivity contribution in [1.82, 2.24) is 5.32 Å². The predicted octanol–water partition coefficient (Wildman–Crippen LogP) is 27.1. The molecule has 0 bridgehead atoms. The minimum absolute atomic E-state index is 0.0172. The summed E-state index contributed by atoms with van der Waals surface area (Å²) >= 11 is 0. The fourth-order valence-corrected chi connectivity index (χ4v) is 13.3. The Bertz CT molecular complexity index is 1340. The first-order valence-electron chi connectivity index (χ1n) is 40.9. The normalized spacial score (nSPS) is 12.5. The zero-order chi connectivity index (χ0) is 63.5. The van der Waals surface area contributed by atoms with Crippen LogP contribution >= 0.6 is 0 Å². The summed E-state index contributed by atoms with van der Waals surface area (Å²) in [6.07, 6.45) is 99.0. The van der Waals surface area contributed by atoms with E-state index in [1.165, 1.54) is 398 Å². The minimum atomic E-state index is -0.659. The number of nitrogens with one attached hydrogen (secondary N) is 1. The molecule has 0 aliphatic rings. The molecule has 0 saturated heterocycles. The Morgan fingerprint density at radius 1 is 0.307 bits per heavy atom. The molecule has 6 heteroatoms. The molecule has 2 atom stereocenters. The molecule has 0 aliphatic carbocycles. The van der Waals surface area contributed by atoms with Gasteiger partial charge in [0.15, 0.2) is 0 Å². The lowest BCUT2D eigenvalue weighted by molar-refractivity contribution is -0.143. The van der Waals surface area contributed by atoms with Crippen LogP contribution in [0, 0.1) is 0 Å². The van der Waals surface area contributed by atoms with Gasteiger partial charge >= 0.3 is 5.97 Å². The van der Waals surface area contributed by atoms with Gasteiger partial charge in [0.2, 0.25) is 5.91 Å². The highest BCUT2D eigenvalue weighted by molar-refractivity contribution is 5.76. The van der Waals surface area contributed by atoms with Crippen LogP contribution in [0.25, 0.3) is 0 Å². The molecule has 0 fully saturated rings. The smallest absolute Gasteiger partial charge is 0.305 e. The maximum atomic E-state index is 12.5. The summed E-state index contributed by atoms with van der Waals surface area (Å²) in [6, 6.07) is -0.536. The summed E-state index contributed by atoms with van der Waals surface area (Å²) in [5, 5.41) is 23.4. The summed E-state index contributed by atoms with van der Waals surface area (Å²) in [5.41, 5.74) is 0. The number of esters is 1. The number of amides is 1. The Balaban J connectivity index is 3.28. The number of carbonyl (C=O) groups excluding carboxylic acids is 2. The van der Waals surface area contributed by atoms with Gasteiger partial charge in [-0.25, -0.2) is 0 Å². The number of hydrogen-bond acceptors (Lipinski definition) is 5. The maximum absolute atomic E-state index is 12.5. The zero-order valence-corrected chi connectivity index (χ0v) is 60.3. The van der Waals surface area contributed by atoms with E-state index in [9.17, 15) is 19.8 Å². The molecular formula is C82H161NO5. The van der Waals surface area contributed by atoms with Crippen LogP contribution in [-0.2, 0) is 14.3 Å². The Labute approximate surface area is 552 Å². The minimum Gasteiger partial charge on any atom is -0.466 e. The zero-order valence-electron chi connectivity index (χ0n) is 60.3. The second kappa shape index (κ2) is 78.0. The van der Waals surface area contributed by atoms with Gasteiger partial charge in [0.25, 0.3) is 0 Å². The van der Waals surface area contributed by atoms with E-state index in [0.29, 0.717) is 25.9 Å². The molecule has 1 amide bonds. The summed E-state index contributed by atoms with van der Waals surface area (Å²) < 4.78 is 5.50. The molecule has 0 aliphatic heterocycles. The molecule has 88 heavy (non-hydrogen) atoms. The topological polar surface area (TPSA) is 95.9 Å². The lowest BCUT2D eigenvalue weighted by atomic mass is 10.0. The number of aliphatic hydroxyl groups excluding tert-OH is 2. The van der Waals surface area contributed by atoms with Crippen LogP contribution in [0.1, 0.15) is 476 Å². The SMILES string of the molecule is CCCCCCCC/C=C\CCCCCCCC(=O)OCCCCCCCCCCCCCCCCCCCCCCCCCCCCCCCCCCCCCCCCCC(=O)NC(CO)C(O)CCCCCCCCCCCCCCCCCCC. The summed E-state index contributed by atoms with van der Waals surface area (Å²) in [4.78, 5) is 24.6. The monoisotopic (exact) mass is 1240 g/mol. The highest BCUT2D eigenvalue weighted by atomic mass is 16.5. The van der Waals surface area contributed by atoms with Gasteiger partial charge < -0.3 is 20.3 Å². The van der Waals surface area contributed by atoms with Crippen molar-refractivity contribution in [3.05, 3.63) is 12.2 Å². The molecule has 0 heterocycles. The second-order valence-corrected chi connectivity index (χ2v) is 28.5. The van der Waals surface area contributed by atoms with Crippen molar-refractivity contribution in [1.29, 1.82) is 0 Å². The molecule has 524 valence electrons. The summed E-state index contributed by atoms with van der Waals surface area (Å²) in [7, 11) is 0. The fraction of sp³-hybridized carbons (Fsp3) is 0.951. The van der Waals surface area contributed by atoms with Gasteiger partial charge in [-0.05, 0) is 51.4 Å². The van der Waals surface area contributed by atoms with Crippen LogP contribution in [0.4, 0.5) is 0 Å². The molecular weight excluding hydrogens is 1080 g/mol. The molecule has 6 nitrogen and oxygen atoms in total. The molecule has 0 aromatic heterocycles. The second-order valence-electron chi connectivity index (χ2n) is 28.5. The number of carbonyl (C=O) groups is 2. The van der Waals surface area contributed by atoms with Gasteiger partial charge in [-0.2, -0.15) is 0 Å². The van der Waals surface area contributed by atoms with E-state index in [1.807, 2.05) is 0 Å². The van der Waals surface area contributed by atoms with Gasteiger partial charge in [0.05, 0.1) is 25.4 Å². The maximum Gasteiger partial charge on any atom is 0.305 e. The average molecular weight is 1240 g/mol. The Morgan fingerprint density at radius 3 is 0.807 bits per heavy atom. The summed E-state index contributed by atoms with van der Waals surface area (Å²) in [6.45, 7) is 5.00. The van der Waals surface area contributed by atoms with Crippen molar-refractivity contribution in [3.8, 4) is 0 Å². The first kappa shape index (κ1) is 86.6. The van der Waals surface area contributed by atoms with Crippen molar-refractivity contribution >= 4 is 11.9 Å². The first-order valence-corrected chi connectivity index (χ1v) is 40.9. The quantitative estimate of drug-likeness (QED) is 0.0320. The van der Waals surface area contributed by atoms with Crippen molar-refractivity contribution in [2.24, 2.45) is 0 Å². The number of allylic oxidation sites excluding steroid dienone is 2. The molecule has 0 rings (SSSR count). The summed E-state index contributed by atoms with van der Waals surface area (Å²) in [5.74, 6) is -0.00683. The number of unbranched alkanes of at least 4 members (excludes halogenated alkanes) is 65. The number of hydrogen-bond donors (Lipinski definition) is 3. The predicted molar refractivity (Wildman–Crippen MR) is 389 cm³/mol. The van der Waals surface area contributed by atoms with E-state index in [2.05, 4.69) is 31.3 Å². The third kappa shape index (κ3) is 73.6. The van der Waals surface area contributed by atoms with Crippen LogP contribution in [0.5, 0.6) is 0 Å². The van der Waals surface area contributed by atoms with Crippen LogP contribution in [0.3, 0.4) is 0 Å². The fourth-order valence-electron chi connectivity index (χ4n) is 13.3. The Morgan fingerprint density at radius 2 is 0.534 bits per heavy atom. The van der Waals surface area contributed by atoms with E-state index in [4.69, 9.17) is 4.74 Å². The van der Waals surface area contributed by atoms with Crippen molar-refractivity contribution < 1.29 is 24.5 Å². The highest BCUT2D eigenvalue weighted by Gasteiger charge is 2.20. The van der Waals surface area contributed by atoms with Crippen molar-refractivity contribution in [3.63, 3.8) is 0 Å². The third-order valence-corrected chi connectivity index (χ3v) is 19.6. The standard InChI is InChI=1S/C82H161NO5/c1-3-5-7-9-11-13-15-17-19-43-47-50-54-58-62-66-70-74-80(85)79(78-84)83-81(86)75-71-67-63-59-55-51-48-44-41-39-37-35-33-31-29-27-25-23-21-20-22-24-26-28-30-32-34-36-38-40-42-45-49-53-57-61-65-69-73-77-88-82(87)76-72-68-64-60-56-52-46-18-16-14-12-10-8-6-4-2/h18,46,79-80,84-85H,3-17,19-45,47-78H2,1-2H3,(H,83,86)/b46-18-. The van der Waals surface area contributed by atoms with Gasteiger partial charge in [-0.3, -0.25) is 9.59 Å². The van der Waals surface area contributed by atoms with E-state index < -0.39 is 12.1 Å². The average Bonchev–Trinajstić information content (AvgIpc) is 3.58. The molecule has 0 radical (unpaired) electrons. The Kier molecular flexibility index (Phi) is 76.8. The van der Waals surface area contributed by atoms with Crippen molar-refractivity contribution in [2.45, 2.75) is 488 Å². The number of aliphatic hydroxyl groups is 2. The molecule has 0 saturated carbocycles. The van der Waals surface area contributed by atoms with Gasteiger partial charge in [-0.15, -0.1) is 0 Å². The first-order chi connectivity index (χ1) is 43.5. The lowest BCUT2D eigenvalue weighted by Gasteiger charge is -2.22. The molecule has 0 aromatic rings. The molecule has 0 aromatic carbocycles. The lowest BCUT2D eigenvalue weighted by Crippen LogP contribution is -2.45. The Hall–Kier alpha value is -1.40. The van der Waals surface area contributed by atoms with E-state index in [0.717, 1.165) is 44.9 Å². The largest absolute Gasteiger partial charge is 0.466 e.